The van der Waals surface area contributed by atoms with Crippen molar-refractivity contribution in [2.45, 2.75) is 26.2 Å². The molecular formula is C19H30N2O3. The van der Waals surface area contributed by atoms with Crippen LogP contribution in [0, 0.1) is 5.92 Å². The zero-order chi connectivity index (χ0) is 17.2. The highest BCUT2D eigenvalue weighted by molar-refractivity contribution is 5.97. The molecule has 1 heterocycles. The number of carbonyl (C=O) groups excluding carboxylic acids is 1. The smallest absolute Gasteiger partial charge is 0.257 e. The van der Waals surface area contributed by atoms with Crippen LogP contribution in [-0.4, -0.2) is 57.3 Å². The molecule has 0 spiro atoms. The third-order valence-corrected chi connectivity index (χ3v) is 4.51. The van der Waals surface area contributed by atoms with Crippen molar-refractivity contribution < 1.29 is 14.3 Å². The number of hydrogen-bond donors (Lipinski definition) is 1. The summed E-state index contributed by atoms with van der Waals surface area (Å²) in [5.41, 5.74) is 0.655. The van der Waals surface area contributed by atoms with E-state index in [1.54, 1.807) is 0 Å². The van der Waals surface area contributed by atoms with Crippen LogP contribution >= 0.6 is 0 Å². The molecule has 1 aromatic carbocycles. The summed E-state index contributed by atoms with van der Waals surface area (Å²) in [7, 11) is 1.99. The molecule has 0 bridgehead atoms. The molecule has 1 saturated heterocycles. The molecular weight excluding hydrogens is 304 g/mol. The highest BCUT2D eigenvalue weighted by Gasteiger charge is 2.25. The molecule has 2 rings (SSSR count). The number of nitrogens with zero attached hydrogens (tertiary/aromatic N) is 1. The lowest BCUT2D eigenvalue weighted by atomic mass is 9.93. The maximum atomic E-state index is 12.8. The number of para-hydroxylation sites is 1. The van der Waals surface area contributed by atoms with Gasteiger partial charge in [0.25, 0.3) is 5.91 Å². The number of rotatable bonds is 9. The SMILES string of the molecule is CCOCCOc1ccccc1C(=O)N1CCC(CCNC)CC1. The Labute approximate surface area is 145 Å². The van der Waals surface area contributed by atoms with Crippen LogP contribution in [-0.2, 0) is 4.74 Å². The molecule has 0 atom stereocenters. The van der Waals surface area contributed by atoms with Gasteiger partial charge in [0.1, 0.15) is 12.4 Å². The Hall–Kier alpha value is -1.59. The van der Waals surface area contributed by atoms with Crippen molar-refractivity contribution >= 4 is 5.91 Å². The average molecular weight is 334 g/mol. The summed E-state index contributed by atoms with van der Waals surface area (Å²) in [4.78, 5) is 14.8. The van der Waals surface area contributed by atoms with E-state index in [9.17, 15) is 4.79 Å². The third-order valence-electron chi connectivity index (χ3n) is 4.51. The first-order valence-corrected chi connectivity index (χ1v) is 8.99. The van der Waals surface area contributed by atoms with Gasteiger partial charge in [0, 0.05) is 19.7 Å². The van der Waals surface area contributed by atoms with E-state index in [4.69, 9.17) is 9.47 Å². The molecule has 0 unspecified atom stereocenters. The number of nitrogens with one attached hydrogen (secondary N) is 1. The van der Waals surface area contributed by atoms with E-state index < -0.39 is 0 Å². The van der Waals surface area contributed by atoms with Crippen molar-refractivity contribution in [2.75, 3.05) is 46.5 Å². The monoisotopic (exact) mass is 334 g/mol. The van der Waals surface area contributed by atoms with Gasteiger partial charge in [-0.15, -0.1) is 0 Å². The largest absolute Gasteiger partial charge is 0.490 e. The molecule has 5 heteroatoms. The maximum Gasteiger partial charge on any atom is 0.257 e. The van der Waals surface area contributed by atoms with Crippen molar-refractivity contribution in [2.24, 2.45) is 5.92 Å². The minimum absolute atomic E-state index is 0.0778. The first kappa shape index (κ1) is 18.7. The van der Waals surface area contributed by atoms with Gasteiger partial charge in [-0.25, -0.2) is 0 Å². The molecule has 1 N–H and O–H groups in total. The van der Waals surface area contributed by atoms with Crippen molar-refractivity contribution in [1.82, 2.24) is 10.2 Å². The van der Waals surface area contributed by atoms with E-state index in [0.29, 0.717) is 31.1 Å². The van der Waals surface area contributed by atoms with Gasteiger partial charge in [-0.3, -0.25) is 4.79 Å². The molecule has 1 aliphatic heterocycles. The van der Waals surface area contributed by atoms with Gasteiger partial charge in [-0.2, -0.15) is 0 Å². The van der Waals surface area contributed by atoms with Gasteiger partial charge in [0.15, 0.2) is 0 Å². The molecule has 0 aliphatic carbocycles. The predicted octanol–water partition coefficient (Wildman–Crippen LogP) is 2.56. The molecule has 1 aromatic rings. The summed E-state index contributed by atoms with van der Waals surface area (Å²) in [6, 6.07) is 7.50. The van der Waals surface area contributed by atoms with Gasteiger partial charge < -0.3 is 19.7 Å². The van der Waals surface area contributed by atoms with E-state index >= 15 is 0 Å². The normalized spacial score (nSPS) is 15.5. The summed E-state index contributed by atoms with van der Waals surface area (Å²) in [5.74, 6) is 1.45. The predicted molar refractivity (Wildman–Crippen MR) is 95.6 cm³/mol. The number of carbonyl (C=O) groups is 1. The Bertz CT molecular complexity index is 499. The van der Waals surface area contributed by atoms with Crippen LogP contribution in [0.15, 0.2) is 24.3 Å². The summed E-state index contributed by atoms with van der Waals surface area (Å²) >= 11 is 0. The molecule has 1 aliphatic rings. The second-order valence-electron chi connectivity index (χ2n) is 6.17. The fraction of sp³-hybridized carbons (Fsp3) is 0.632. The molecule has 0 saturated carbocycles. The van der Waals surface area contributed by atoms with Crippen molar-refractivity contribution in [1.29, 1.82) is 0 Å². The molecule has 1 fully saturated rings. The van der Waals surface area contributed by atoms with Crippen LogP contribution in [0.4, 0.5) is 0 Å². The van der Waals surface area contributed by atoms with Crippen molar-refractivity contribution in [3.63, 3.8) is 0 Å². The summed E-state index contributed by atoms with van der Waals surface area (Å²) < 4.78 is 11.0. The zero-order valence-electron chi connectivity index (χ0n) is 14.9. The number of likely N-dealkylation sites (tertiary alicyclic amines) is 1. The summed E-state index contributed by atoms with van der Waals surface area (Å²) in [6.45, 7) is 6.35. The van der Waals surface area contributed by atoms with Crippen LogP contribution < -0.4 is 10.1 Å². The summed E-state index contributed by atoms with van der Waals surface area (Å²) in [5, 5.41) is 3.20. The first-order valence-electron chi connectivity index (χ1n) is 8.99. The first-order chi connectivity index (χ1) is 11.8. The number of piperidine rings is 1. The molecule has 5 nitrogen and oxygen atoms in total. The van der Waals surface area contributed by atoms with E-state index in [2.05, 4.69) is 5.32 Å². The van der Waals surface area contributed by atoms with Crippen LogP contribution in [0.3, 0.4) is 0 Å². The van der Waals surface area contributed by atoms with Gasteiger partial charge in [0.05, 0.1) is 12.2 Å². The van der Waals surface area contributed by atoms with Crippen LogP contribution in [0.25, 0.3) is 0 Å². The standard InChI is InChI=1S/C19H30N2O3/c1-3-23-14-15-24-18-7-5-4-6-17(18)19(22)21-12-9-16(10-13-21)8-11-20-2/h4-7,16,20H,3,8-15H2,1-2H3. The van der Waals surface area contributed by atoms with Crippen molar-refractivity contribution in [3.8, 4) is 5.75 Å². The second-order valence-corrected chi connectivity index (χ2v) is 6.17. The van der Waals surface area contributed by atoms with E-state index in [1.165, 1.54) is 6.42 Å². The molecule has 0 radical (unpaired) electrons. The molecule has 0 aromatic heterocycles. The lowest BCUT2D eigenvalue weighted by Gasteiger charge is -2.32. The van der Waals surface area contributed by atoms with E-state index in [-0.39, 0.29) is 5.91 Å². The van der Waals surface area contributed by atoms with Gasteiger partial charge in [0.2, 0.25) is 0 Å². The topological polar surface area (TPSA) is 50.8 Å². The van der Waals surface area contributed by atoms with Crippen LogP contribution in [0.1, 0.15) is 36.5 Å². The van der Waals surface area contributed by atoms with Crippen LogP contribution in [0.5, 0.6) is 5.75 Å². The minimum Gasteiger partial charge on any atom is -0.490 e. The average Bonchev–Trinajstić information content (AvgIpc) is 2.64. The number of hydrogen-bond acceptors (Lipinski definition) is 4. The fourth-order valence-corrected chi connectivity index (χ4v) is 3.07. The third kappa shape index (κ3) is 5.49. The minimum atomic E-state index is 0.0778. The molecule has 134 valence electrons. The highest BCUT2D eigenvalue weighted by atomic mass is 16.5. The Morgan fingerprint density at radius 1 is 1.25 bits per heavy atom. The van der Waals surface area contributed by atoms with Gasteiger partial charge in [-0.1, -0.05) is 12.1 Å². The van der Waals surface area contributed by atoms with Crippen LogP contribution in [0.2, 0.25) is 0 Å². The number of ether oxygens (including phenoxy) is 2. The lowest BCUT2D eigenvalue weighted by molar-refractivity contribution is 0.0678. The quantitative estimate of drug-likeness (QED) is 0.705. The summed E-state index contributed by atoms with van der Waals surface area (Å²) in [6.07, 6.45) is 3.36. The van der Waals surface area contributed by atoms with E-state index in [0.717, 1.165) is 38.4 Å². The van der Waals surface area contributed by atoms with E-state index in [1.807, 2.05) is 43.1 Å². The number of amides is 1. The molecule has 1 amide bonds. The Balaban J connectivity index is 1.90. The Morgan fingerprint density at radius 2 is 2.00 bits per heavy atom. The fourth-order valence-electron chi connectivity index (χ4n) is 3.07. The Kier molecular flexibility index (Phi) is 8.05. The zero-order valence-corrected chi connectivity index (χ0v) is 14.9. The maximum absolute atomic E-state index is 12.8. The lowest BCUT2D eigenvalue weighted by Crippen LogP contribution is -2.39. The Morgan fingerprint density at radius 3 is 2.71 bits per heavy atom. The number of benzene rings is 1. The highest BCUT2D eigenvalue weighted by Crippen LogP contribution is 2.25. The van der Waals surface area contributed by atoms with Gasteiger partial charge in [-0.05, 0) is 57.8 Å². The van der Waals surface area contributed by atoms with Gasteiger partial charge >= 0.3 is 0 Å². The second kappa shape index (κ2) is 10.3. The van der Waals surface area contributed by atoms with Crippen molar-refractivity contribution in [3.05, 3.63) is 29.8 Å². The molecule has 24 heavy (non-hydrogen) atoms.